The van der Waals surface area contributed by atoms with Crippen molar-refractivity contribution in [2.24, 2.45) is 11.7 Å². The highest BCUT2D eigenvalue weighted by molar-refractivity contribution is 5.95. The van der Waals surface area contributed by atoms with Crippen LogP contribution in [0.5, 0.6) is 11.5 Å². The van der Waals surface area contributed by atoms with Crippen molar-refractivity contribution < 1.29 is 19.1 Å². The monoisotopic (exact) mass is 493 g/mol. The van der Waals surface area contributed by atoms with Crippen LogP contribution in [0.1, 0.15) is 73.7 Å². The molecule has 0 aliphatic heterocycles. The minimum absolute atomic E-state index is 0.0481. The Morgan fingerprint density at radius 3 is 2.33 bits per heavy atom. The average Bonchev–Trinajstić information content (AvgIpc) is 2.92. The maximum Gasteiger partial charge on any atom is 0.254 e. The smallest absolute Gasteiger partial charge is 0.254 e. The largest absolute Gasteiger partial charge is 0.493 e. The molecule has 0 heterocycles. The summed E-state index contributed by atoms with van der Waals surface area (Å²) >= 11 is 0. The lowest BCUT2D eigenvalue weighted by Gasteiger charge is -2.36. The predicted octanol–water partition coefficient (Wildman–Crippen LogP) is 5.13. The SMILES string of the molecule is COc1ccc(C(=O)N(Cc2cccc(NC(=O)C3CCCCC3)c2)C2CCC(N)CC2)cc1OC. The summed E-state index contributed by atoms with van der Waals surface area (Å²) in [6.07, 6.45) is 8.93. The van der Waals surface area contributed by atoms with Gasteiger partial charge in [0.1, 0.15) is 0 Å². The van der Waals surface area contributed by atoms with Crippen LogP contribution in [0.15, 0.2) is 42.5 Å². The molecule has 2 aliphatic rings. The van der Waals surface area contributed by atoms with Crippen molar-refractivity contribution in [2.75, 3.05) is 19.5 Å². The average molecular weight is 494 g/mol. The quantitative estimate of drug-likeness (QED) is 0.531. The van der Waals surface area contributed by atoms with Crippen LogP contribution in [0.3, 0.4) is 0 Å². The third-order valence-electron chi connectivity index (χ3n) is 7.60. The summed E-state index contributed by atoms with van der Waals surface area (Å²) in [5.74, 6) is 1.27. The van der Waals surface area contributed by atoms with Crippen LogP contribution < -0.4 is 20.5 Å². The van der Waals surface area contributed by atoms with Crippen LogP contribution >= 0.6 is 0 Å². The van der Waals surface area contributed by atoms with E-state index in [0.29, 0.717) is 23.6 Å². The van der Waals surface area contributed by atoms with Gasteiger partial charge in [0.05, 0.1) is 14.2 Å². The van der Waals surface area contributed by atoms with Gasteiger partial charge in [0.15, 0.2) is 11.5 Å². The fourth-order valence-corrected chi connectivity index (χ4v) is 5.47. The summed E-state index contributed by atoms with van der Waals surface area (Å²) < 4.78 is 10.8. The van der Waals surface area contributed by atoms with Gasteiger partial charge in [-0.3, -0.25) is 9.59 Å². The zero-order chi connectivity index (χ0) is 25.5. The summed E-state index contributed by atoms with van der Waals surface area (Å²) in [4.78, 5) is 28.5. The van der Waals surface area contributed by atoms with E-state index in [-0.39, 0.29) is 29.8 Å². The molecule has 0 unspecified atom stereocenters. The topological polar surface area (TPSA) is 93.9 Å². The Balaban J connectivity index is 1.54. The van der Waals surface area contributed by atoms with Gasteiger partial charge in [-0.25, -0.2) is 0 Å². The summed E-state index contributed by atoms with van der Waals surface area (Å²) in [5.41, 5.74) is 8.49. The molecule has 2 amide bonds. The van der Waals surface area contributed by atoms with Crippen LogP contribution in [-0.4, -0.2) is 43.0 Å². The number of nitrogens with one attached hydrogen (secondary N) is 1. The predicted molar refractivity (Wildman–Crippen MR) is 141 cm³/mol. The molecule has 0 saturated heterocycles. The van der Waals surface area contributed by atoms with E-state index < -0.39 is 0 Å². The highest BCUT2D eigenvalue weighted by Crippen LogP contribution is 2.31. The van der Waals surface area contributed by atoms with Crippen LogP contribution in [0.4, 0.5) is 5.69 Å². The Bertz CT molecular complexity index is 1040. The maximum atomic E-state index is 13.8. The molecule has 0 aromatic heterocycles. The van der Waals surface area contributed by atoms with Crippen LogP contribution in [0.25, 0.3) is 0 Å². The molecule has 2 fully saturated rings. The number of carbonyl (C=O) groups excluding carboxylic acids is 2. The molecule has 0 bridgehead atoms. The molecular weight excluding hydrogens is 454 g/mol. The van der Waals surface area contributed by atoms with Gasteiger partial charge < -0.3 is 25.4 Å². The van der Waals surface area contributed by atoms with E-state index in [9.17, 15) is 9.59 Å². The summed E-state index contributed by atoms with van der Waals surface area (Å²) in [5, 5.41) is 3.11. The minimum atomic E-state index is -0.0481. The second kappa shape index (κ2) is 12.3. The van der Waals surface area contributed by atoms with E-state index in [1.165, 1.54) is 6.42 Å². The van der Waals surface area contributed by atoms with Gasteiger partial charge >= 0.3 is 0 Å². The van der Waals surface area contributed by atoms with Gasteiger partial charge in [-0.05, 0) is 74.4 Å². The van der Waals surface area contributed by atoms with Crippen molar-refractivity contribution in [1.29, 1.82) is 0 Å². The Morgan fingerprint density at radius 1 is 0.917 bits per heavy atom. The Labute approximate surface area is 214 Å². The van der Waals surface area contributed by atoms with Crippen molar-refractivity contribution in [2.45, 2.75) is 76.4 Å². The van der Waals surface area contributed by atoms with Gasteiger partial charge in [-0.1, -0.05) is 31.4 Å². The van der Waals surface area contributed by atoms with Crippen LogP contribution in [0, 0.1) is 5.92 Å². The number of rotatable bonds is 8. The van der Waals surface area contributed by atoms with Crippen molar-refractivity contribution in [3.05, 3.63) is 53.6 Å². The minimum Gasteiger partial charge on any atom is -0.493 e. The number of benzene rings is 2. The van der Waals surface area contributed by atoms with E-state index in [1.807, 2.05) is 29.2 Å². The van der Waals surface area contributed by atoms with Crippen molar-refractivity contribution in [1.82, 2.24) is 4.90 Å². The molecule has 2 saturated carbocycles. The number of amides is 2. The third kappa shape index (κ3) is 6.38. The first-order valence-electron chi connectivity index (χ1n) is 13.2. The van der Waals surface area contributed by atoms with E-state index in [1.54, 1.807) is 32.4 Å². The number of nitrogens with two attached hydrogens (primary N) is 1. The number of methoxy groups -OCH3 is 2. The molecule has 0 radical (unpaired) electrons. The number of hydrogen-bond donors (Lipinski definition) is 2. The first kappa shape index (κ1) is 26.0. The molecule has 2 aliphatic carbocycles. The van der Waals surface area contributed by atoms with Gasteiger partial charge in [-0.15, -0.1) is 0 Å². The highest BCUT2D eigenvalue weighted by atomic mass is 16.5. The molecule has 36 heavy (non-hydrogen) atoms. The van der Waals surface area contributed by atoms with Gasteiger partial charge in [0.25, 0.3) is 5.91 Å². The number of hydrogen-bond acceptors (Lipinski definition) is 5. The van der Waals surface area contributed by atoms with E-state index in [0.717, 1.165) is 62.6 Å². The first-order chi connectivity index (χ1) is 17.5. The molecule has 0 atom stereocenters. The lowest BCUT2D eigenvalue weighted by Crippen LogP contribution is -2.43. The zero-order valence-electron chi connectivity index (χ0n) is 21.5. The second-order valence-corrected chi connectivity index (χ2v) is 10.1. The number of nitrogens with zero attached hydrogens (tertiary/aromatic N) is 1. The molecule has 4 rings (SSSR count). The van der Waals surface area contributed by atoms with Crippen molar-refractivity contribution in [3.8, 4) is 11.5 Å². The second-order valence-electron chi connectivity index (χ2n) is 10.1. The third-order valence-corrected chi connectivity index (χ3v) is 7.60. The molecule has 194 valence electrons. The van der Waals surface area contributed by atoms with E-state index >= 15 is 0 Å². The summed E-state index contributed by atoms with van der Waals surface area (Å²) in [6, 6.07) is 13.5. The van der Waals surface area contributed by atoms with Crippen molar-refractivity contribution >= 4 is 17.5 Å². The number of ether oxygens (including phenoxy) is 2. The normalized spacial score (nSPS) is 20.4. The molecule has 3 N–H and O–H groups in total. The molecular formula is C29H39N3O4. The molecule has 7 nitrogen and oxygen atoms in total. The fraction of sp³-hybridized carbons (Fsp3) is 0.517. The van der Waals surface area contributed by atoms with Crippen molar-refractivity contribution in [3.63, 3.8) is 0 Å². The summed E-state index contributed by atoms with van der Waals surface area (Å²) in [7, 11) is 3.15. The lowest BCUT2D eigenvalue weighted by molar-refractivity contribution is -0.120. The molecule has 7 heteroatoms. The van der Waals surface area contributed by atoms with Crippen LogP contribution in [0.2, 0.25) is 0 Å². The van der Waals surface area contributed by atoms with Crippen LogP contribution in [-0.2, 0) is 11.3 Å². The Hall–Kier alpha value is -3.06. The number of anilines is 1. The summed E-state index contributed by atoms with van der Waals surface area (Å²) in [6.45, 7) is 0.459. The fourth-order valence-electron chi connectivity index (χ4n) is 5.47. The molecule has 0 spiro atoms. The standard InChI is InChI=1S/C29H39N3O4/c1-35-26-16-11-22(18-27(26)36-2)29(34)32(25-14-12-23(30)13-15-25)19-20-7-6-10-24(17-20)31-28(33)21-8-4-3-5-9-21/h6-7,10-11,16-18,21,23,25H,3-5,8-9,12-15,19,30H2,1-2H3,(H,31,33). The Morgan fingerprint density at radius 2 is 1.64 bits per heavy atom. The highest BCUT2D eigenvalue weighted by Gasteiger charge is 2.29. The number of carbonyl (C=O) groups is 2. The van der Waals surface area contributed by atoms with Gasteiger partial charge in [0, 0.05) is 35.8 Å². The zero-order valence-corrected chi connectivity index (χ0v) is 21.5. The van der Waals surface area contributed by atoms with Gasteiger partial charge in [-0.2, -0.15) is 0 Å². The lowest BCUT2D eigenvalue weighted by atomic mass is 9.88. The maximum absolute atomic E-state index is 13.8. The van der Waals surface area contributed by atoms with Gasteiger partial charge in [0.2, 0.25) is 5.91 Å². The Kier molecular flexibility index (Phi) is 8.86. The van der Waals surface area contributed by atoms with E-state index in [2.05, 4.69) is 5.32 Å². The molecule has 2 aromatic rings. The molecule has 2 aromatic carbocycles. The first-order valence-corrected chi connectivity index (χ1v) is 13.2. The van der Waals surface area contributed by atoms with E-state index in [4.69, 9.17) is 15.2 Å².